The summed E-state index contributed by atoms with van der Waals surface area (Å²) in [7, 11) is 0. The Kier molecular flexibility index (Phi) is 3.71. The van der Waals surface area contributed by atoms with Crippen LogP contribution in [0, 0.1) is 0 Å². The largest absolute Gasteiger partial charge is 0.285 e. The highest BCUT2D eigenvalue weighted by atomic mass is 32.1. The van der Waals surface area contributed by atoms with Crippen molar-refractivity contribution >= 4 is 22.9 Å². The molecule has 0 aliphatic heterocycles. The predicted molar refractivity (Wildman–Crippen MR) is 82.7 cm³/mol. The lowest BCUT2D eigenvalue weighted by molar-refractivity contribution is 0.0817. The van der Waals surface area contributed by atoms with Crippen molar-refractivity contribution in [1.29, 1.82) is 0 Å². The maximum absolute atomic E-state index is 12.5. The number of ketones is 2. The summed E-state index contributed by atoms with van der Waals surface area (Å²) in [4.78, 5) is 29.0. The van der Waals surface area contributed by atoms with Crippen LogP contribution in [0.1, 0.15) is 20.7 Å². The first-order chi connectivity index (χ1) is 10.3. The average Bonchev–Trinajstić information content (AvgIpc) is 3.08. The van der Waals surface area contributed by atoms with E-state index in [0.717, 1.165) is 5.01 Å². The van der Waals surface area contributed by atoms with Gasteiger partial charge in [-0.3, -0.25) is 9.59 Å². The molecule has 21 heavy (non-hydrogen) atoms. The Labute approximate surface area is 125 Å². The standard InChI is InChI=1S/C17H11NO2S/c19-15(12-6-2-1-3-7-12)16(20)13-8-4-5-9-14(13)17-18-10-11-21-17/h1-11H. The van der Waals surface area contributed by atoms with Gasteiger partial charge >= 0.3 is 0 Å². The zero-order chi connectivity index (χ0) is 14.7. The monoisotopic (exact) mass is 293 g/mol. The molecule has 3 rings (SSSR count). The smallest absolute Gasteiger partial charge is 0.234 e. The molecule has 1 heterocycles. The predicted octanol–water partition coefficient (Wildman–Crippen LogP) is 3.88. The first-order valence-corrected chi connectivity index (χ1v) is 7.28. The number of aromatic nitrogens is 1. The van der Waals surface area contributed by atoms with Gasteiger partial charge in [-0.25, -0.2) is 4.98 Å². The number of nitrogens with zero attached hydrogens (tertiary/aromatic N) is 1. The van der Waals surface area contributed by atoms with Crippen LogP contribution in [-0.4, -0.2) is 16.6 Å². The summed E-state index contributed by atoms with van der Waals surface area (Å²) in [5.41, 5.74) is 1.49. The van der Waals surface area contributed by atoms with Gasteiger partial charge in [-0.2, -0.15) is 0 Å². The topological polar surface area (TPSA) is 47.0 Å². The molecule has 0 atom stereocenters. The van der Waals surface area contributed by atoms with E-state index in [1.807, 2.05) is 23.6 Å². The number of carbonyl (C=O) groups excluding carboxylic acids is 2. The Morgan fingerprint density at radius 3 is 2.29 bits per heavy atom. The van der Waals surface area contributed by atoms with E-state index in [9.17, 15) is 9.59 Å². The third kappa shape index (κ3) is 2.66. The van der Waals surface area contributed by atoms with Gasteiger partial charge in [0, 0.05) is 28.3 Å². The Morgan fingerprint density at radius 1 is 0.857 bits per heavy atom. The maximum Gasteiger partial charge on any atom is 0.234 e. The van der Waals surface area contributed by atoms with Crippen molar-refractivity contribution in [3.8, 4) is 10.6 Å². The molecule has 3 aromatic rings. The van der Waals surface area contributed by atoms with Crippen molar-refractivity contribution in [2.24, 2.45) is 0 Å². The molecule has 0 radical (unpaired) electrons. The van der Waals surface area contributed by atoms with Gasteiger partial charge in [-0.15, -0.1) is 11.3 Å². The molecule has 0 saturated heterocycles. The van der Waals surface area contributed by atoms with E-state index in [1.54, 1.807) is 42.6 Å². The molecule has 0 N–H and O–H groups in total. The van der Waals surface area contributed by atoms with Crippen molar-refractivity contribution in [2.75, 3.05) is 0 Å². The molecule has 4 heteroatoms. The quantitative estimate of drug-likeness (QED) is 0.542. The molecular weight excluding hydrogens is 282 g/mol. The van der Waals surface area contributed by atoms with Crippen molar-refractivity contribution in [1.82, 2.24) is 4.98 Å². The van der Waals surface area contributed by atoms with Crippen molar-refractivity contribution in [3.63, 3.8) is 0 Å². The number of hydrogen-bond acceptors (Lipinski definition) is 4. The van der Waals surface area contributed by atoms with Gasteiger partial charge in [0.2, 0.25) is 11.6 Å². The van der Waals surface area contributed by atoms with Gasteiger partial charge in [0.05, 0.1) is 0 Å². The number of carbonyl (C=O) groups is 2. The fourth-order valence-corrected chi connectivity index (χ4v) is 2.74. The van der Waals surface area contributed by atoms with Crippen LogP contribution >= 0.6 is 11.3 Å². The molecule has 0 aliphatic carbocycles. The second-order valence-electron chi connectivity index (χ2n) is 4.41. The lowest BCUT2D eigenvalue weighted by atomic mass is 9.98. The number of hydrogen-bond donors (Lipinski definition) is 0. The number of rotatable bonds is 4. The molecule has 102 valence electrons. The highest BCUT2D eigenvalue weighted by molar-refractivity contribution is 7.13. The Balaban J connectivity index is 2.02. The SMILES string of the molecule is O=C(C(=O)c1ccccc1-c1nccs1)c1ccccc1. The van der Waals surface area contributed by atoms with Crippen LogP contribution < -0.4 is 0 Å². The summed E-state index contributed by atoms with van der Waals surface area (Å²) in [6.45, 7) is 0. The zero-order valence-electron chi connectivity index (χ0n) is 11.0. The molecule has 3 nitrogen and oxygen atoms in total. The van der Waals surface area contributed by atoms with Crippen LogP contribution in [0.2, 0.25) is 0 Å². The van der Waals surface area contributed by atoms with E-state index in [4.69, 9.17) is 0 Å². The summed E-state index contributed by atoms with van der Waals surface area (Å²) in [5.74, 6) is -1.01. The van der Waals surface area contributed by atoms with E-state index in [-0.39, 0.29) is 0 Å². The van der Waals surface area contributed by atoms with Gasteiger partial charge in [-0.05, 0) is 0 Å². The summed E-state index contributed by atoms with van der Waals surface area (Å²) in [6, 6.07) is 15.6. The first kappa shape index (κ1) is 13.4. The Bertz CT molecular complexity index is 780. The summed E-state index contributed by atoms with van der Waals surface area (Å²) >= 11 is 1.44. The first-order valence-electron chi connectivity index (χ1n) is 6.40. The molecule has 0 spiro atoms. The molecule has 0 unspecified atom stereocenters. The molecule has 0 bridgehead atoms. The number of benzene rings is 2. The van der Waals surface area contributed by atoms with Crippen LogP contribution in [0.3, 0.4) is 0 Å². The van der Waals surface area contributed by atoms with Gasteiger partial charge in [0.1, 0.15) is 5.01 Å². The van der Waals surface area contributed by atoms with Crippen molar-refractivity contribution < 1.29 is 9.59 Å². The van der Waals surface area contributed by atoms with Crippen LogP contribution in [0.5, 0.6) is 0 Å². The molecule has 2 aromatic carbocycles. The fraction of sp³-hybridized carbons (Fsp3) is 0. The van der Waals surface area contributed by atoms with E-state index < -0.39 is 11.6 Å². The van der Waals surface area contributed by atoms with E-state index >= 15 is 0 Å². The summed E-state index contributed by atoms with van der Waals surface area (Å²) in [5, 5.41) is 2.58. The molecular formula is C17H11NO2S. The van der Waals surface area contributed by atoms with Crippen LogP contribution in [0.4, 0.5) is 0 Å². The molecule has 1 aromatic heterocycles. The normalized spacial score (nSPS) is 10.3. The zero-order valence-corrected chi connectivity index (χ0v) is 11.8. The maximum atomic E-state index is 12.5. The van der Waals surface area contributed by atoms with E-state index in [2.05, 4.69) is 4.98 Å². The summed E-state index contributed by atoms with van der Waals surface area (Å²) in [6.07, 6.45) is 1.68. The van der Waals surface area contributed by atoms with Crippen LogP contribution in [-0.2, 0) is 0 Å². The highest BCUT2D eigenvalue weighted by Gasteiger charge is 2.21. The Morgan fingerprint density at radius 2 is 1.57 bits per heavy atom. The minimum absolute atomic E-state index is 0.390. The average molecular weight is 293 g/mol. The fourth-order valence-electron chi connectivity index (χ4n) is 2.07. The lowest BCUT2D eigenvalue weighted by Crippen LogP contribution is -2.15. The van der Waals surface area contributed by atoms with Crippen LogP contribution in [0.25, 0.3) is 10.6 Å². The van der Waals surface area contributed by atoms with Crippen molar-refractivity contribution in [2.45, 2.75) is 0 Å². The van der Waals surface area contributed by atoms with Gasteiger partial charge in [0.25, 0.3) is 0 Å². The molecule has 0 fully saturated rings. The summed E-state index contributed by atoms with van der Waals surface area (Å²) < 4.78 is 0. The van der Waals surface area contributed by atoms with Crippen molar-refractivity contribution in [3.05, 3.63) is 77.3 Å². The lowest BCUT2D eigenvalue weighted by Gasteiger charge is -2.05. The molecule has 0 aliphatic rings. The van der Waals surface area contributed by atoms with E-state index in [0.29, 0.717) is 16.7 Å². The third-order valence-corrected chi connectivity index (χ3v) is 3.88. The molecule has 0 saturated carbocycles. The minimum atomic E-state index is -0.507. The van der Waals surface area contributed by atoms with Crippen LogP contribution in [0.15, 0.2) is 66.2 Å². The number of Topliss-reactive ketones (excluding diaryl/α,β-unsaturated/α-hetero) is 2. The highest BCUT2D eigenvalue weighted by Crippen LogP contribution is 2.26. The van der Waals surface area contributed by atoms with E-state index in [1.165, 1.54) is 11.3 Å². The van der Waals surface area contributed by atoms with Gasteiger partial charge in [0.15, 0.2) is 0 Å². The third-order valence-electron chi connectivity index (χ3n) is 3.08. The molecule has 0 amide bonds. The van der Waals surface area contributed by atoms with Gasteiger partial charge < -0.3 is 0 Å². The minimum Gasteiger partial charge on any atom is -0.285 e. The van der Waals surface area contributed by atoms with Gasteiger partial charge in [-0.1, -0.05) is 54.6 Å². The second-order valence-corrected chi connectivity index (χ2v) is 5.30. The number of thiazole rings is 1. The second kappa shape index (κ2) is 5.81. The Hall–Kier alpha value is -2.59.